The largest absolute Gasteiger partial charge is 0.404 e. The zero-order chi connectivity index (χ0) is 20.4. The molecule has 1 saturated heterocycles. The number of aromatic amines is 1. The zero-order valence-electron chi connectivity index (χ0n) is 16.6. The van der Waals surface area contributed by atoms with Gasteiger partial charge in [0.15, 0.2) is 0 Å². The van der Waals surface area contributed by atoms with E-state index >= 15 is 0 Å². The second-order valence-corrected chi connectivity index (χ2v) is 7.60. The lowest BCUT2D eigenvalue weighted by atomic mass is 9.95. The van der Waals surface area contributed by atoms with Crippen molar-refractivity contribution in [3.05, 3.63) is 42.4 Å². The monoisotopic (exact) mass is 391 g/mol. The first-order valence-corrected chi connectivity index (χ1v) is 9.64. The van der Waals surface area contributed by atoms with Crippen molar-refractivity contribution in [2.75, 3.05) is 25.0 Å². The van der Waals surface area contributed by atoms with E-state index < -0.39 is 5.60 Å². The van der Waals surface area contributed by atoms with Gasteiger partial charge in [0, 0.05) is 43.5 Å². The van der Waals surface area contributed by atoms with Gasteiger partial charge in [0.1, 0.15) is 11.5 Å². The van der Waals surface area contributed by atoms with Crippen LogP contribution in [0.15, 0.2) is 41.7 Å². The van der Waals surface area contributed by atoms with Gasteiger partial charge in [-0.1, -0.05) is 6.07 Å². The molecule has 0 amide bonds. The highest BCUT2D eigenvalue weighted by molar-refractivity contribution is 6.10. The molecule has 1 atom stereocenters. The number of nitrogens with two attached hydrogens (primary N) is 1. The molecule has 150 valence electrons. The highest BCUT2D eigenvalue weighted by atomic mass is 16.3. The van der Waals surface area contributed by atoms with Crippen molar-refractivity contribution < 1.29 is 5.11 Å². The molecule has 3 aromatic rings. The molecule has 4 rings (SSSR count). The number of nitrogens with one attached hydrogen (secondary N) is 1. The third kappa shape index (κ3) is 3.84. The number of β-amino-alcohol motifs (C(OH)–C–C–N with tert-alkyl or cyclic N) is 1. The fraction of sp³-hybridized carbons (Fsp3) is 0.333. The number of aliphatic hydroxyl groups is 1. The number of piperidine rings is 1. The molecule has 8 heteroatoms. The Morgan fingerprint density at radius 2 is 2.28 bits per heavy atom. The van der Waals surface area contributed by atoms with Gasteiger partial charge < -0.3 is 15.7 Å². The maximum absolute atomic E-state index is 10.4. The van der Waals surface area contributed by atoms with Crippen LogP contribution in [-0.4, -0.2) is 57.2 Å². The van der Waals surface area contributed by atoms with Gasteiger partial charge in [0.05, 0.1) is 28.7 Å². The Labute approximate surface area is 169 Å². The van der Waals surface area contributed by atoms with E-state index in [2.05, 4.69) is 25.1 Å². The number of allylic oxidation sites excluding steroid dienone is 1. The SMILES string of the molecule is CN=CC(=CN)c1cc2c(-c3cccc(N4CCC[C@@](C)(O)C4)n3)n[nH]c2cn1. The van der Waals surface area contributed by atoms with Crippen molar-refractivity contribution in [2.45, 2.75) is 25.4 Å². The minimum absolute atomic E-state index is 0.569. The summed E-state index contributed by atoms with van der Waals surface area (Å²) in [4.78, 5) is 15.4. The van der Waals surface area contributed by atoms with Gasteiger partial charge in [-0.25, -0.2) is 4.98 Å². The normalized spacial score (nSPS) is 20.7. The van der Waals surface area contributed by atoms with Crippen LogP contribution in [0.1, 0.15) is 25.5 Å². The molecule has 1 aliphatic heterocycles. The van der Waals surface area contributed by atoms with E-state index in [0.717, 1.165) is 58.8 Å². The van der Waals surface area contributed by atoms with Gasteiger partial charge in [-0.15, -0.1) is 0 Å². The molecule has 0 radical (unpaired) electrons. The maximum atomic E-state index is 10.4. The summed E-state index contributed by atoms with van der Waals surface area (Å²) in [5.41, 5.74) is 8.82. The van der Waals surface area contributed by atoms with Gasteiger partial charge in [-0.3, -0.25) is 15.1 Å². The Morgan fingerprint density at radius 3 is 3.03 bits per heavy atom. The summed E-state index contributed by atoms with van der Waals surface area (Å²) in [7, 11) is 1.69. The summed E-state index contributed by atoms with van der Waals surface area (Å²) in [6, 6.07) is 7.82. The predicted octanol–water partition coefficient (Wildman–Crippen LogP) is 2.37. The Bertz CT molecular complexity index is 1080. The summed E-state index contributed by atoms with van der Waals surface area (Å²) < 4.78 is 0. The molecule has 0 aromatic carbocycles. The van der Waals surface area contributed by atoms with E-state index in [1.807, 2.05) is 31.2 Å². The van der Waals surface area contributed by atoms with Crippen molar-refractivity contribution >= 4 is 28.5 Å². The number of fused-ring (bicyclic) bond motifs is 1. The molecular weight excluding hydrogens is 366 g/mol. The first-order chi connectivity index (χ1) is 14.0. The lowest BCUT2D eigenvalue weighted by Crippen LogP contribution is -2.46. The average Bonchev–Trinajstić information content (AvgIpc) is 3.14. The topological polar surface area (TPSA) is 116 Å². The van der Waals surface area contributed by atoms with Gasteiger partial charge in [0.2, 0.25) is 0 Å². The lowest BCUT2D eigenvalue weighted by Gasteiger charge is -2.37. The second kappa shape index (κ2) is 7.63. The van der Waals surface area contributed by atoms with E-state index in [9.17, 15) is 5.11 Å². The Hall–Kier alpha value is -3.26. The Kier molecular flexibility index (Phi) is 5.02. The number of aromatic nitrogens is 4. The number of aliphatic imine (C=N–C) groups is 1. The van der Waals surface area contributed by atoms with Gasteiger partial charge in [-0.05, 0) is 38.0 Å². The zero-order valence-corrected chi connectivity index (χ0v) is 16.6. The smallest absolute Gasteiger partial charge is 0.129 e. The molecule has 4 heterocycles. The van der Waals surface area contributed by atoms with E-state index in [1.54, 1.807) is 19.5 Å². The van der Waals surface area contributed by atoms with Crippen LogP contribution in [0.4, 0.5) is 5.82 Å². The van der Waals surface area contributed by atoms with Crippen molar-refractivity contribution in [3.8, 4) is 11.4 Å². The average molecular weight is 391 g/mol. The number of pyridine rings is 2. The number of rotatable bonds is 4. The van der Waals surface area contributed by atoms with Gasteiger partial charge >= 0.3 is 0 Å². The molecule has 0 unspecified atom stereocenters. The predicted molar refractivity (Wildman–Crippen MR) is 116 cm³/mol. The van der Waals surface area contributed by atoms with Crippen molar-refractivity contribution in [1.29, 1.82) is 0 Å². The van der Waals surface area contributed by atoms with Crippen LogP contribution in [0.5, 0.6) is 0 Å². The highest BCUT2D eigenvalue weighted by Gasteiger charge is 2.29. The van der Waals surface area contributed by atoms with E-state index in [0.29, 0.717) is 6.54 Å². The molecule has 8 nitrogen and oxygen atoms in total. The molecule has 0 spiro atoms. The standard InChI is InChI=1S/C21H25N7O/c1-21(29)7-4-8-28(13-21)19-6-3-5-16(25-19)20-15-9-17(14(10-22)11-23-2)24-12-18(15)26-27-20/h3,5-6,9-12,29H,4,7-8,13,22H2,1-2H3,(H,26,27)/t21-/m1/s1. The second-order valence-electron chi connectivity index (χ2n) is 7.60. The van der Waals surface area contributed by atoms with E-state index in [1.165, 1.54) is 6.20 Å². The molecule has 0 aliphatic carbocycles. The Morgan fingerprint density at radius 1 is 1.41 bits per heavy atom. The Balaban J connectivity index is 1.73. The number of hydrogen-bond donors (Lipinski definition) is 3. The molecular formula is C21H25N7O. The van der Waals surface area contributed by atoms with Crippen molar-refractivity contribution in [3.63, 3.8) is 0 Å². The molecule has 4 N–H and O–H groups in total. The lowest BCUT2D eigenvalue weighted by molar-refractivity contribution is 0.0447. The summed E-state index contributed by atoms with van der Waals surface area (Å²) >= 11 is 0. The summed E-state index contributed by atoms with van der Waals surface area (Å²) in [5, 5.41) is 18.8. The van der Waals surface area contributed by atoms with Crippen LogP contribution in [0.3, 0.4) is 0 Å². The maximum Gasteiger partial charge on any atom is 0.129 e. The number of anilines is 1. The molecule has 1 aliphatic rings. The fourth-order valence-corrected chi connectivity index (χ4v) is 3.75. The molecule has 1 fully saturated rings. The summed E-state index contributed by atoms with van der Waals surface area (Å²) in [6.45, 7) is 3.32. The number of nitrogens with zero attached hydrogens (tertiary/aromatic N) is 5. The molecule has 29 heavy (non-hydrogen) atoms. The van der Waals surface area contributed by atoms with E-state index in [-0.39, 0.29) is 0 Å². The van der Waals surface area contributed by atoms with Crippen LogP contribution in [0, 0.1) is 0 Å². The van der Waals surface area contributed by atoms with Crippen LogP contribution in [0.25, 0.3) is 27.9 Å². The summed E-state index contributed by atoms with van der Waals surface area (Å²) in [6.07, 6.45) is 6.64. The van der Waals surface area contributed by atoms with Gasteiger partial charge in [-0.2, -0.15) is 5.10 Å². The first-order valence-electron chi connectivity index (χ1n) is 9.64. The highest BCUT2D eigenvalue weighted by Crippen LogP contribution is 2.29. The van der Waals surface area contributed by atoms with Crippen LogP contribution >= 0.6 is 0 Å². The number of hydrogen-bond acceptors (Lipinski definition) is 7. The minimum Gasteiger partial charge on any atom is -0.404 e. The van der Waals surface area contributed by atoms with Crippen molar-refractivity contribution in [1.82, 2.24) is 20.2 Å². The van der Waals surface area contributed by atoms with Crippen LogP contribution in [-0.2, 0) is 0 Å². The fourth-order valence-electron chi connectivity index (χ4n) is 3.75. The van der Waals surface area contributed by atoms with Crippen LogP contribution < -0.4 is 10.6 Å². The quantitative estimate of drug-likeness (QED) is 0.588. The molecule has 0 bridgehead atoms. The molecule has 0 saturated carbocycles. The third-order valence-electron chi connectivity index (χ3n) is 5.17. The first kappa shape index (κ1) is 19.1. The third-order valence-corrected chi connectivity index (χ3v) is 5.17. The number of H-pyrrole nitrogens is 1. The molecule has 3 aromatic heterocycles. The van der Waals surface area contributed by atoms with Crippen LogP contribution in [0.2, 0.25) is 0 Å². The summed E-state index contributed by atoms with van der Waals surface area (Å²) in [5.74, 6) is 0.841. The van der Waals surface area contributed by atoms with Gasteiger partial charge in [0.25, 0.3) is 0 Å². The van der Waals surface area contributed by atoms with Crippen molar-refractivity contribution in [2.24, 2.45) is 10.7 Å². The van der Waals surface area contributed by atoms with E-state index in [4.69, 9.17) is 10.7 Å². The minimum atomic E-state index is -0.693.